The van der Waals surface area contributed by atoms with E-state index in [4.69, 9.17) is 17.3 Å². The Labute approximate surface area is 131 Å². The van der Waals surface area contributed by atoms with Crippen molar-refractivity contribution in [3.63, 3.8) is 0 Å². The molecule has 3 N–H and O–H groups in total. The molecule has 0 saturated heterocycles. The maximum absolute atomic E-state index is 12.2. The molecule has 0 fully saturated rings. The summed E-state index contributed by atoms with van der Waals surface area (Å²) in [5, 5.41) is 3.26. The molecule has 0 aliphatic carbocycles. The normalized spacial score (nSPS) is 10.4. The molecule has 2 amide bonds. The number of carbonyl (C=O) groups excluding carboxylic acids is 2. The minimum atomic E-state index is -0.552. The summed E-state index contributed by atoms with van der Waals surface area (Å²) in [7, 11) is 0. The quantitative estimate of drug-likeness (QED) is 0.848. The number of hydrogen-bond donors (Lipinski definition) is 2. The minimum absolute atomic E-state index is 0.111. The van der Waals surface area contributed by atoms with Gasteiger partial charge in [0.05, 0.1) is 11.1 Å². The van der Waals surface area contributed by atoms with Gasteiger partial charge in [0, 0.05) is 11.1 Å². The fraction of sp³-hybridized carbons (Fsp3) is 0.214. The highest BCUT2D eigenvalue weighted by atomic mass is 35.5. The van der Waals surface area contributed by atoms with Gasteiger partial charge in [0.2, 0.25) is 0 Å². The van der Waals surface area contributed by atoms with E-state index in [0.717, 1.165) is 10.4 Å². The van der Waals surface area contributed by atoms with Crippen LogP contribution < -0.4 is 11.1 Å². The lowest BCUT2D eigenvalue weighted by Gasteiger charge is -2.06. The molecule has 0 aromatic carbocycles. The van der Waals surface area contributed by atoms with Crippen LogP contribution in [0.5, 0.6) is 0 Å². The van der Waals surface area contributed by atoms with Crippen LogP contribution in [0.3, 0.4) is 0 Å². The summed E-state index contributed by atoms with van der Waals surface area (Å²) in [6, 6.07) is 3.18. The van der Waals surface area contributed by atoms with Crippen molar-refractivity contribution in [2.75, 3.05) is 5.32 Å². The number of carbonyl (C=O) groups is 2. The summed E-state index contributed by atoms with van der Waals surface area (Å²) in [6.07, 6.45) is 2.17. The van der Waals surface area contributed by atoms with Crippen molar-refractivity contribution in [3.05, 3.63) is 45.1 Å². The van der Waals surface area contributed by atoms with Crippen molar-refractivity contribution >= 4 is 39.8 Å². The Morgan fingerprint density at radius 1 is 1.48 bits per heavy atom. The van der Waals surface area contributed by atoms with Crippen molar-refractivity contribution < 1.29 is 9.59 Å². The molecule has 0 aliphatic rings. The van der Waals surface area contributed by atoms with Gasteiger partial charge in [0.1, 0.15) is 10.2 Å². The van der Waals surface area contributed by atoms with Gasteiger partial charge >= 0.3 is 0 Å². The van der Waals surface area contributed by atoms with E-state index in [1.54, 1.807) is 12.1 Å². The molecule has 0 radical (unpaired) electrons. The highest BCUT2D eigenvalue weighted by Crippen LogP contribution is 2.33. The maximum atomic E-state index is 12.2. The largest absolute Gasteiger partial charge is 0.365 e. The van der Waals surface area contributed by atoms with E-state index in [1.807, 2.05) is 13.8 Å². The van der Waals surface area contributed by atoms with E-state index in [9.17, 15) is 9.59 Å². The molecule has 2 rings (SSSR count). The molecule has 5 nitrogen and oxygen atoms in total. The van der Waals surface area contributed by atoms with Crippen LogP contribution in [0.1, 0.15) is 38.1 Å². The number of halogens is 1. The predicted octanol–water partition coefficient (Wildman–Crippen LogP) is 3.02. The van der Waals surface area contributed by atoms with E-state index >= 15 is 0 Å². The number of primary amides is 1. The number of hydrogen-bond acceptors (Lipinski definition) is 4. The van der Waals surface area contributed by atoms with E-state index in [-0.39, 0.29) is 10.7 Å². The molecule has 2 heterocycles. The summed E-state index contributed by atoms with van der Waals surface area (Å²) in [5.41, 5.74) is 6.91. The van der Waals surface area contributed by atoms with Crippen LogP contribution in [0.25, 0.3) is 0 Å². The zero-order chi connectivity index (χ0) is 15.6. The van der Waals surface area contributed by atoms with Crippen LogP contribution in [0.2, 0.25) is 5.15 Å². The molecule has 0 unspecified atom stereocenters. The third kappa shape index (κ3) is 3.06. The number of amides is 2. The van der Waals surface area contributed by atoms with Gasteiger partial charge in [-0.3, -0.25) is 9.59 Å². The SMILES string of the molecule is CCc1c(C)sc(NC(=O)c2cccnc2Cl)c1C(N)=O. The molecule has 0 bridgehead atoms. The van der Waals surface area contributed by atoms with Gasteiger partial charge in [-0.25, -0.2) is 4.98 Å². The second-order valence-electron chi connectivity index (χ2n) is 4.35. The van der Waals surface area contributed by atoms with E-state index < -0.39 is 11.8 Å². The van der Waals surface area contributed by atoms with Gasteiger partial charge in [0.15, 0.2) is 0 Å². The third-order valence-electron chi connectivity index (χ3n) is 3.04. The highest BCUT2D eigenvalue weighted by molar-refractivity contribution is 7.16. The monoisotopic (exact) mass is 323 g/mol. The molecule has 21 heavy (non-hydrogen) atoms. The fourth-order valence-corrected chi connectivity index (χ4v) is 3.43. The molecule has 110 valence electrons. The Morgan fingerprint density at radius 2 is 2.19 bits per heavy atom. The number of nitrogens with two attached hydrogens (primary N) is 1. The van der Waals surface area contributed by atoms with Gasteiger partial charge in [-0.05, 0) is 31.0 Å². The van der Waals surface area contributed by atoms with E-state index in [0.29, 0.717) is 17.0 Å². The lowest BCUT2D eigenvalue weighted by atomic mass is 10.1. The van der Waals surface area contributed by atoms with Crippen LogP contribution >= 0.6 is 22.9 Å². The number of aryl methyl sites for hydroxylation is 1. The molecule has 0 atom stereocenters. The Balaban J connectivity index is 2.38. The van der Waals surface area contributed by atoms with E-state index in [1.165, 1.54) is 17.5 Å². The Morgan fingerprint density at radius 3 is 2.76 bits per heavy atom. The van der Waals surface area contributed by atoms with Crippen LogP contribution in [0, 0.1) is 6.92 Å². The van der Waals surface area contributed by atoms with Gasteiger partial charge in [0.25, 0.3) is 11.8 Å². The topological polar surface area (TPSA) is 85.1 Å². The summed E-state index contributed by atoms with van der Waals surface area (Å²) >= 11 is 7.22. The van der Waals surface area contributed by atoms with Gasteiger partial charge < -0.3 is 11.1 Å². The average Bonchev–Trinajstić information content (AvgIpc) is 2.74. The molecule has 0 saturated carbocycles. The number of pyridine rings is 1. The summed E-state index contributed by atoms with van der Waals surface area (Å²) < 4.78 is 0. The number of nitrogens with zero attached hydrogens (tertiary/aromatic N) is 1. The first-order valence-electron chi connectivity index (χ1n) is 6.29. The first-order chi connectivity index (χ1) is 9.95. The van der Waals surface area contributed by atoms with E-state index in [2.05, 4.69) is 10.3 Å². The minimum Gasteiger partial charge on any atom is -0.365 e. The zero-order valence-corrected chi connectivity index (χ0v) is 13.1. The summed E-state index contributed by atoms with van der Waals surface area (Å²) in [6.45, 7) is 3.83. The standard InChI is InChI=1S/C14H14ClN3O2S/c1-3-8-7(2)21-14(10(8)12(16)19)18-13(20)9-5-4-6-17-11(9)15/h4-6H,3H2,1-2H3,(H2,16,19)(H,18,20). The molecule has 2 aromatic rings. The lowest BCUT2D eigenvalue weighted by molar-refractivity contribution is 0.100. The number of rotatable bonds is 4. The highest BCUT2D eigenvalue weighted by Gasteiger charge is 2.21. The molecule has 0 aliphatic heterocycles. The fourth-order valence-electron chi connectivity index (χ4n) is 2.08. The Hall–Kier alpha value is -1.92. The second-order valence-corrected chi connectivity index (χ2v) is 5.94. The molecule has 0 spiro atoms. The Kier molecular flexibility index (Phi) is 4.59. The molecule has 2 aromatic heterocycles. The predicted molar refractivity (Wildman–Crippen MR) is 84.2 cm³/mol. The van der Waals surface area contributed by atoms with Crippen molar-refractivity contribution in [1.29, 1.82) is 0 Å². The van der Waals surface area contributed by atoms with Crippen molar-refractivity contribution in [3.8, 4) is 0 Å². The third-order valence-corrected chi connectivity index (χ3v) is 4.40. The summed E-state index contributed by atoms with van der Waals surface area (Å²) in [4.78, 5) is 28.7. The van der Waals surface area contributed by atoms with Crippen LogP contribution in [-0.2, 0) is 6.42 Å². The Bertz CT molecular complexity index is 712. The van der Waals surface area contributed by atoms with Crippen LogP contribution in [0.4, 0.5) is 5.00 Å². The second kappa shape index (κ2) is 6.24. The van der Waals surface area contributed by atoms with Crippen molar-refractivity contribution in [1.82, 2.24) is 4.98 Å². The molecular formula is C14H14ClN3O2S. The number of anilines is 1. The van der Waals surface area contributed by atoms with Crippen LogP contribution in [0.15, 0.2) is 18.3 Å². The maximum Gasteiger partial charge on any atom is 0.259 e. The first kappa shape index (κ1) is 15.5. The molecular weight excluding hydrogens is 310 g/mol. The number of nitrogens with one attached hydrogen (secondary N) is 1. The summed E-state index contributed by atoms with van der Waals surface area (Å²) in [5.74, 6) is -0.969. The number of thiophene rings is 1. The average molecular weight is 324 g/mol. The zero-order valence-electron chi connectivity index (χ0n) is 11.6. The van der Waals surface area contributed by atoms with Gasteiger partial charge in [-0.15, -0.1) is 11.3 Å². The molecule has 7 heteroatoms. The van der Waals surface area contributed by atoms with Gasteiger partial charge in [-0.1, -0.05) is 18.5 Å². The van der Waals surface area contributed by atoms with Crippen LogP contribution in [-0.4, -0.2) is 16.8 Å². The first-order valence-corrected chi connectivity index (χ1v) is 7.49. The van der Waals surface area contributed by atoms with Crippen molar-refractivity contribution in [2.24, 2.45) is 5.73 Å². The lowest BCUT2D eigenvalue weighted by Crippen LogP contribution is -2.18. The van der Waals surface area contributed by atoms with Gasteiger partial charge in [-0.2, -0.15) is 0 Å². The smallest absolute Gasteiger partial charge is 0.259 e. The number of aromatic nitrogens is 1. The van der Waals surface area contributed by atoms with Crippen molar-refractivity contribution in [2.45, 2.75) is 20.3 Å².